The molecule has 0 fully saturated rings. The van der Waals surface area contributed by atoms with Crippen LogP contribution >= 0.6 is 0 Å². The highest BCUT2D eigenvalue weighted by Gasteiger charge is 2.13. The molecule has 3 N–H and O–H groups in total. The van der Waals surface area contributed by atoms with Crippen LogP contribution in [0.2, 0.25) is 0 Å². The maximum atomic E-state index is 13.4. The average Bonchev–Trinajstić information content (AvgIpc) is 3.08. The highest BCUT2D eigenvalue weighted by Crippen LogP contribution is 2.33. The van der Waals surface area contributed by atoms with E-state index >= 15 is 0 Å². The fraction of sp³-hybridized carbons (Fsp3) is 0.231. The Labute approximate surface area is 177 Å². The van der Waals surface area contributed by atoms with E-state index in [2.05, 4.69) is 54.5 Å². The molecule has 4 aromatic rings. The summed E-state index contributed by atoms with van der Waals surface area (Å²) in [6.07, 6.45) is 3.72. The third-order valence-corrected chi connectivity index (χ3v) is 5.06. The Morgan fingerprint density at radius 3 is 2.33 bits per heavy atom. The molecule has 0 saturated carbocycles. The zero-order valence-corrected chi connectivity index (χ0v) is 17.6. The van der Waals surface area contributed by atoms with Gasteiger partial charge in [0.05, 0.1) is 17.1 Å². The van der Waals surface area contributed by atoms with Crippen molar-refractivity contribution >= 4 is 27.9 Å². The van der Waals surface area contributed by atoms with Gasteiger partial charge in [0.25, 0.3) is 0 Å². The Bertz CT molecular complexity index is 1140. The van der Waals surface area contributed by atoms with Crippen molar-refractivity contribution in [2.75, 3.05) is 6.54 Å². The second-order valence-electron chi connectivity index (χ2n) is 7.48. The van der Waals surface area contributed by atoms with E-state index in [0.717, 1.165) is 35.1 Å². The van der Waals surface area contributed by atoms with Gasteiger partial charge in [0.15, 0.2) is 0 Å². The predicted octanol–water partition coefficient (Wildman–Crippen LogP) is 5.84. The molecular weight excluding hydrogens is 375 g/mol. The zero-order chi connectivity index (χ0) is 21.7. The number of benzene rings is 3. The van der Waals surface area contributed by atoms with Crippen LogP contribution in [0.1, 0.15) is 31.4 Å². The average molecular weight is 405 g/mol. The number of nitrogens with two attached hydrogens (primary N) is 1. The van der Waals surface area contributed by atoms with Crippen LogP contribution in [0.4, 0.5) is 4.39 Å². The molecule has 30 heavy (non-hydrogen) atoms. The van der Waals surface area contributed by atoms with Crippen molar-refractivity contribution < 1.29 is 9.50 Å². The molecule has 3 nitrogen and oxygen atoms in total. The minimum absolute atomic E-state index is 0.221. The Balaban J connectivity index is 0.000000461. The summed E-state index contributed by atoms with van der Waals surface area (Å²) in [7, 11) is 0. The van der Waals surface area contributed by atoms with Crippen LogP contribution in [-0.4, -0.2) is 22.3 Å². The number of nitrogens with zero attached hydrogens (tertiary/aromatic N) is 1. The van der Waals surface area contributed by atoms with E-state index < -0.39 is 0 Å². The molecule has 156 valence electrons. The summed E-state index contributed by atoms with van der Waals surface area (Å²) in [4.78, 5) is 0. The van der Waals surface area contributed by atoms with Crippen LogP contribution in [0.15, 0.2) is 67.2 Å². The first kappa shape index (κ1) is 21.8. The van der Waals surface area contributed by atoms with E-state index in [1.54, 1.807) is 6.92 Å². The number of aliphatic hydroxyl groups is 1. The van der Waals surface area contributed by atoms with Gasteiger partial charge in [0, 0.05) is 23.0 Å². The first-order chi connectivity index (χ1) is 14.5. The lowest BCUT2D eigenvalue weighted by molar-refractivity contribution is 0.203. The second-order valence-corrected chi connectivity index (χ2v) is 7.48. The van der Waals surface area contributed by atoms with Gasteiger partial charge in [-0.15, -0.1) is 0 Å². The zero-order valence-electron chi connectivity index (χ0n) is 17.6. The lowest BCUT2D eigenvalue weighted by atomic mass is 10.1. The molecule has 1 atom stereocenters. The van der Waals surface area contributed by atoms with E-state index in [1.807, 2.05) is 18.2 Å². The number of rotatable bonds is 5. The first-order valence-electron chi connectivity index (χ1n) is 10.3. The van der Waals surface area contributed by atoms with E-state index in [9.17, 15) is 4.39 Å². The second kappa shape index (κ2) is 9.70. The molecule has 0 bridgehead atoms. The SMILES string of the molecule is C=Cc1ccc2c3cc(CCC)ccc3n(-c3ccc(F)cc3)c2c1.CC(O)CN. The van der Waals surface area contributed by atoms with Crippen molar-refractivity contribution in [2.45, 2.75) is 32.8 Å². The monoisotopic (exact) mass is 404 g/mol. The van der Waals surface area contributed by atoms with Crippen LogP contribution in [0.5, 0.6) is 0 Å². The lowest BCUT2D eigenvalue weighted by Gasteiger charge is -2.08. The highest BCUT2D eigenvalue weighted by molar-refractivity contribution is 6.09. The number of fused-ring (bicyclic) bond motifs is 3. The number of hydrogen-bond donors (Lipinski definition) is 2. The molecule has 0 aliphatic carbocycles. The maximum absolute atomic E-state index is 13.4. The Morgan fingerprint density at radius 1 is 1.03 bits per heavy atom. The minimum atomic E-state index is -0.338. The maximum Gasteiger partial charge on any atom is 0.123 e. The van der Waals surface area contributed by atoms with Gasteiger partial charge in [-0.2, -0.15) is 0 Å². The van der Waals surface area contributed by atoms with Crippen molar-refractivity contribution in [3.05, 3.63) is 84.2 Å². The fourth-order valence-corrected chi connectivity index (χ4v) is 3.52. The van der Waals surface area contributed by atoms with Crippen LogP contribution in [-0.2, 0) is 6.42 Å². The van der Waals surface area contributed by atoms with E-state index in [0.29, 0.717) is 6.54 Å². The third-order valence-electron chi connectivity index (χ3n) is 5.06. The van der Waals surface area contributed by atoms with Crippen LogP contribution in [0.3, 0.4) is 0 Å². The number of aromatic nitrogens is 1. The number of hydrogen-bond acceptors (Lipinski definition) is 2. The smallest absolute Gasteiger partial charge is 0.123 e. The van der Waals surface area contributed by atoms with Crippen LogP contribution in [0, 0.1) is 5.82 Å². The molecule has 0 radical (unpaired) electrons. The lowest BCUT2D eigenvalue weighted by Crippen LogP contribution is -2.14. The van der Waals surface area contributed by atoms with Crippen molar-refractivity contribution in [3.8, 4) is 5.69 Å². The number of aryl methyl sites for hydroxylation is 1. The van der Waals surface area contributed by atoms with Crippen molar-refractivity contribution in [2.24, 2.45) is 5.73 Å². The van der Waals surface area contributed by atoms with E-state index in [1.165, 1.54) is 28.5 Å². The summed E-state index contributed by atoms with van der Waals surface area (Å²) in [6, 6.07) is 19.7. The van der Waals surface area contributed by atoms with Crippen molar-refractivity contribution in [3.63, 3.8) is 0 Å². The normalized spacial score (nSPS) is 11.9. The molecule has 0 aliphatic heterocycles. The Hall–Kier alpha value is -2.95. The van der Waals surface area contributed by atoms with E-state index in [4.69, 9.17) is 10.8 Å². The molecule has 0 aliphatic rings. The summed E-state index contributed by atoms with van der Waals surface area (Å²) in [5.74, 6) is -0.221. The summed E-state index contributed by atoms with van der Waals surface area (Å²) < 4.78 is 15.6. The molecule has 4 heteroatoms. The molecule has 4 rings (SSSR count). The molecule has 3 aromatic carbocycles. The predicted molar refractivity (Wildman–Crippen MR) is 126 cm³/mol. The van der Waals surface area contributed by atoms with Gasteiger partial charge in [-0.05, 0) is 66.9 Å². The van der Waals surface area contributed by atoms with Gasteiger partial charge < -0.3 is 15.4 Å². The van der Waals surface area contributed by atoms with Gasteiger partial charge in [-0.25, -0.2) is 4.39 Å². The summed E-state index contributed by atoms with van der Waals surface area (Å²) in [5.41, 5.74) is 10.6. The molecule has 1 unspecified atom stereocenters. The van der Waals surface area contributed by atoms with Gasteiger partial charge >= 0.3 is 0 Å². The Morgan fingerprint density at radius 2 is 1.73 bits per heavy atom. The van der Waals surface area contributed by atoms with Crippen LogP contribution < -0.4 is 5.73 Å². The van der Waals surface area contributed by atoms with E-state index in [-0.39, 0.29) is 11.9 Å². The quantitative estimate of drug-likeness (QED) is 0.439. The minimum Gasteiger partial charge on any atom is -0.392 e. The van der Waals surface area contributed by atoms with Crippen molar-refractivity contribution in [1.82, 2.24) is 4.57 Å². The molecule has 1 aromatic heterocycles. The van der Waals surface area contributed by atoms with Gasteiger partial charge in [0.2, 0.25) is 0 Å². The summed E-state index contributed by atoms with van der Waals surface area (Å²) in [5, 5.41) is 10.7. The molecule has 0 spiro atoms. The molecule has 1 heterocycles. The third kappa shape index (κ3) is 4.61. The van der Waals surface area contributed by atoms with Gasteiger partial charge in [-0.3, -0.25) is 0 Å². The number of aliphatic hydroxyl groups excluding tert-OH is 1. The largest absolute Gasteiger partial charge is 0.392 e. The molecular formula is C26H29FN2O. The molecule has 0 saturated heterocycles. The van der Waals surface area contributed by atoms with Gasteiger partial charge in [0.1, 0.15) is 5.82 Å². The van der Waals surface area contributed by atoms with Crippen molar-refractivity contribution in [1.29, 1.82) is 0 Å². The molecule has 0 amide bonds. The number of halogens is 1. The standard InChI is InChI=1S/C23H20FN.C3H9NO/c1-3-5-17-7-13-22-21(14-17)20-12-6-16(4-2)15-23(20)25(22)19-10-8-18(24)9-11-19;1-3(5)2-4/h4,6-15H,2-3,5H2,1H3;3,5H,2,4H2,1H3. The Kier molecular flexibility index (Phi) is 7.03. The first-order valence-corrected chi connectivity index (χ1v) is 10.3. The van der Waals surface area contributed by atoms with Gasteiger partial charge in [-0.1, -0.05) is 44.2 Å². The summed E-state index contributed by atoms with van der Waals surface area (Å²) in [6.45, 7) is 8.10. The fourth-order valence-electron chi connectivity index (χ4n) is 3.52. The van der Waals surface area contributed by atoms with Crippen LogP contribution in [0.25, 0.3) is 33.6 Å². The topological polar surface area (TPSA) is 51.2 Å². The highest BCUT2D eigenvalue weighted by atomic mass is 19.1. The summed E-state index contributed by atoms with van der Waals surface area (Å²) >= 11 is 0.